The number of benzene rings is 2. The van der Waals surface area contributed by atoms with E-state index in [4.69, 9.17) is 9.47 Å². The van der Waals surface area contributed by atoms with E-state index in [9.17, 15) is 9.18 Å². The average Bonchev–Trinajstić information content (AvgIpc) is 3.11. The second-order valence-corrected chi connectivity index (χ2v) is 7.38. The molecule has 29 heavy (non-hydrogen) atoms. The van der Waals surface area contributed by atoms with E-state index in [1.165, 1.54) is 17.8 Å². The number of nitrogens with one attached hydrogen (secondary N) is 1. The molecule has 2 aromatic carbocycles. The number of hydrogen-bond acceptors (Lipinski definition) is 6. The highest BCUT2D eigenvalue weighted by molar-refractivity contribution is 7.99. The molecule has 1 aliphatic rings. The van der Waals surface area contributed by atoms with E-state index in [1.807, 2.05) is 24.3 Å². The SMILES string of the molecule is Cn1c(SCC(=O)NC[C@H]2COc3ccccc3O2)nnc1-c1ccccc1F. The summed E-state index contributed by atoms with van der Waals surface area (Å²) in [5.74, 6) is 1.43. The second-order valence-electron chi connectivity index (χ2n) is 6.44. The van der Waals surface area contributed by atoms with Crippen LogP contribution in [0.4, 0.5) is 4.39 Å². The first-order chi connectivity index (χ1) is 14.1. The molecule has 9 heteroatoms. The van der Waals surface area contributed by atoms with Gasteiger partial charge in [-0.2, -0.15) is 0 Å². The van der Waals surface area contributed by atoms with Gasteiger partial charge in [0.05, 0.1) is 17.9 Å². The van der Waals surface area contributed by atoms with Gasteiger partial charge in [0.2, 0.25) is 5.91 Å². The minimum absolute atomic E-state index is 0.159. The van der Waals surface area contributed by atoms with E-state index in [1.54, 1.807) is 29.8 Å². The van der Waals surface area contributed by atoms with E-state index in [-0.39, 0.29) is 23.6 Å². The minimum atomic E-state index is -0.367. The standard InChI is InChI=1S/C20H19FN4O3S/c1-25-19(14-6-2-3-7-15(14)21)23-24-20(25)29-12-18(26)22-10-13-11-27-16-8-4-5-9-17(16)28-13/h2-9,13H,10-12H2,1H3,(H,22,26)/t13-/m0/s1. The number of nitrogens with zero attached hydrogens (tertiary/aromatic N) is 3. The number of thioether (sulfide) groups is 1. The number of fused-ring (bicyclic) bond motifs is 1. The molecule has 1 amide bonds. The van der Waals surface area contributed by atoms with Crippen LogP contribution in [0.5, 0.6) is 11.5 Å². The molecule has 150 valence electrons. The smallest absolute Gasteiger partial charge is 0.230 e. The van der Waals surface area contributed by atoms with Gasteiger partial charge in [-0.15, -0.1) is 10.2 Å². The quantitative estimate of drug-likeness (QED) is 0.625. The zero-order valence-electron chi connectivity index (χ0n) is 15.7. The highest BCUT2D eigenvalue weighted by Crippen LogP contribution is 2.30. The summed E-state index contributed by atoms with van der Waals surface area (Å²) >= 11 is 1.23. The first kappa shape index (κ1) is 19.3. The number of amides is 1. The van der Waals surface area contributed by atoms with Gasteiger partial charge in [-0.1, -0.05) is 36.0 Å². The van der Waals surface area contributed by atoms with E-state index < -0.39 is 0 Å². The normalized spacial score (nSPS) is 15.2. The molecule has 7 nitrogen and oxygen atoms in total. The number of rotatable bonds is 6. The van der Waals surface area contributed by atoms with Crippen molar-refractivity contribution in [2.45, 2.75) is 11.3 Å². The van der Waals surface area contributed by atoms with Gasteiger partial charge in [0, 0.05) is 7.05 Å². The molecule has 1 aromatic heterocycles. The zero-order chi connectivity index (χ0) is 20.2. The fourth-order valence-electron chi connectivity index (χ4n) is 2.89. The molecule has 0 spiro atoms. The van der Waals surface area contributed by atoms with Crippen molar-refractivity contribution in [2.75, 3.05) is 18.9 Å². The summed E-state index contributed by atoms with van der Waals surface area (Å²) in [6.07, 6.45) is -0.249. The monoisotopic (exact) mass is 414 g/mol. The minimum Gasteiger partial charge on any atom is -0.486 e. The van der Waals surface area contributed by atoms with E-state index in [0.717, 1.165) is 0 Å². The lowest BCUT2D eigenvalue weighted by atomic mass is 10.2. The second kappa shape index (κ2) is 8.52. The molecule has 2 heterocycles. The summed E-state index contributed by atoms with van der Waals surface area (Å²) in [5.41, 5.74) is 0.369. The molecule has 1 aliphatic heterocycles. The predicted octanol–water partition coefficient (Wildman–Crippen LogP) is 2.67. The first-order valence-corrected chi connectivity index (χ1v) is 10.0. The van der Waals surface area contributed by atoms with Crippen LogP contribution in [-0.2, 0) is 11.8 Å². The molecule has 4 rings (SSSR count). The highest BCUT2D eigenvalue weighted by atomic mass is 32.2. The van der Waals surface area contributed by atoms with Crippen LogP contribution in [0.25, 0.3) is 11.4 Å². The summed E-state index contributed by atoms with van der Waals surface area (Å²) in [7, 11) is 1.74. The molecular weight excluding hydrogens is 395 g/mol. The van der Waals surface area contributed by atoms with Crippen LogP contribution >= 0.6 is 11.8 Å². The van der Waals surface area contributed by atoms with Crippen LogP contribution in [0.1, 0.15) is 0 Å². The van der Waals surface area contributed by atoms with Crippen molar-refractivity contribution in [2.24, 2.45) is 7.05 Å². The molecule has 0 unspecified atom stereocenters. The third kappa shape index (κ3) is 4.34. The number of halogens is 1. The number of para-hydroxylation sites is 2. The van der Waals surface area contributed by atoms with Crippen molar-refractivity contribution in [3.8, 4) is 22.9 Å². The number of aromatic nitrogens is 3. The van der Waals surface area contributed by atoms with Gasteiger partial charge in [-0.3, -0.25) is 4.79 Å². The average molecular weight is 414 g/mol. The maximum atomic E-state index is 14.0. The van der Waals surface area contributed by atoms with Crippen molar-refractivity contribution < 1.29 is 18.7 Å². The molecule has 1 N–H and O–H groups in total. The summed E-state index contributed by atoms with van der Waals surface area (Å²) in [5, 5.41) is 11.5. The van der Waals surface area contributed by atoms with Crippen LogP contribution < -0.4 is 14.8 Å². The Labute approximate surface area is 171 Å². The first-order valence-electron chi connectivity index (χ1n) is 9.04. The largest absolute Gasteiger partial charge is 0.486 e. The van der Waals surface area contributed by atoms with Gasteiger partial charge < -0.3 is 19.4 Å². The van der Waals surface area contributed by atoms with Gasteiger partial charge in [-0.05, 0) is 24.3 Å². The fraction of sp³-hybridized carbons (Fsp3) is 0.250. The molecule has 0 radical (unpaired) electrons. The number of hydrogen-bond donors (Lipinski definition) is 1. The van der Waals surface area contributed by atoms with Gasteiger partial charge in [0.1, 0.15) is 18.5 Å². The van der Waals surface area contributed by atoms with Crippen LogP contribution in [0, 0.1) is 5.82 Å². The molecule has 0 bridgehead atoms. The zero-order valence-corrected chi connectivity index (χ0v) is 16.5. The van der Waals surface area contributed by atoms with Gasteiger partial charge in [0.15, 0.2) is 22.5 Å². The maximum absolute atomic E-state index is 14.0. The number of carbonyl (C=O) groups is 1. The van der Waals surface area contributed by atoms with Crippen molar-refractivity contribution >= 4 is 17.7 Å². The summed E-state index contributed by atoms with van der Waals surface area (Å²) in [6.45, 7) is 0.715. The Morgan fingerprint density at radius 3 is 2.79 bits per heavy atom. The Morgan fingerprint density at radius 2 is 1.97 bits per heavy atom. The number of ether oxygens (including phenoxy) is 2. The Kier molecular flexibility index (Phi) is 5.66. The van der Waals surface area contributed by atoms with Gasteiger partial charge in [-0.25, -0.2) is 4.39 Å². The third-order valence-corrected chi connectivity index (χ3v) is 5.40. The summed E-state index contributed by atoms with van der Waals surface area (Å²) < 4.78 is 27.1. The van der Waals surface area contributed by atoms with Gasteiger partial charge >= 0.3 is 0 Å². The Balaban J connectivity index is 1.29. The van der Waals surface area contributed by atoms with Crippen molar-refractivity contribution in [3.63, 3.8) is 0 Å². The molecular formula is C20H19FN4O3S. The van der Waals surface area contributed by atoms with Crippen molar-refractivity contribution in [1.29, 1.82) is 0 Å². The molecule has 0 aliphatic carbocycles. The van der Waals surface area contributed by atoms with Crippen molar-refractivity contribution in [3.05, 3.63) is 54.3 Å². The van der Waals surface area contributed by atoms with Crippen LogP contribution in [0.2, 0.25) is 0 Å². The highest BCUT2D eigenvalue weighted by Gasteiger charge is 2.21. The molecule has 0 saturated carbocycles. The Bertz CT molecular complexity index is 1030. The Hall–Kier alpha value is -3.07. The van der Waals surface area contributed by atoms with E-state index in [2.05, 4.69) is 15.5 Å². The van der Waals surface area contributed by atoms with E-state index in [0.29, 0.717) is 41.2 Å². The van der Waals surface area contributed by atoms with Crippen LogP contribution in [-0.4, -0.2) is 45.7 Å². The molecule has 0 fully saturated rings. The van der Waals surface area contributed by atoms with E-state index >= 15 is 0 Å². The summed E-state index contributed by atoms with van der Waals surface area (Å²) in [6, 6.07) is 13.8. The van der Waals surface area contributed by atoms with Crippen LogP contribution in [0.3, 0.4) is 0 Å². The fourth-order valence-corrected chi connectivity index (χ4v) is 3.63. The Morgan fingerprint density at radius 1 is 1.21 bits per heavy atom. The maximum Gasteiger partial charge on any atom is 0.230 e. The van der Waals surface area contributed by atoms with Gasteiger partial charge in [0.25, 0.3) is 0 Å². The lowest BCUT2D eigenvalue weighted by Crippen LogP contribution is -2.41. The number of carbonyl (C=O) groups excluding carboxylic acids is 1. The molecule has 3 aromatic rings. The molecule has 1 atom stereocenters. The third-order valence-electron chi connectivity index (χ3n) is 4.38. The van der Waals surface area contributed by atoms with Crippen molar-refractivity contribution in [1.82, 2.24) is 20.1 Å². The lowest BCUT2D eigenvalue weighted by Gasteiger charge is -2.26. The molecule has 0 saturated heterocycles. The summed E-state index contributed by atoms with van der Waals surface area (Å²) in [4.78, 5) is 12.2. The topological polar surface area (TPSA) is 78.3 Å². The predicted molar refractivity (Wildman–Crippen MR) is 106 cm³/mol. The lowest BCUT2D eigenvalue weighted by molar-refractivity contribution is -0.119. The van der Waals surface area contributed by atoms with Crippen LogP contribution in [0.15, 0.2) is 53.7 Å².